The summed E-state index contributed by atoms with van der Waals surface area (Å²) in [5.74, 6) is -1.16. The minimum Gasteiger partial charge on any atom is -0.478 e. The minimum absolute atomic E-state index is 0.0155. The fraction of sp³-hybridized carbons (Fsp3) is 0.429. The van der Waals surface area contributed by atoms with Crippen molar-refractivity contribution in [2.45, 2.75) is 25.9 Å². The van der Waals surface area contributed by atoms with E-state index in [9.17, 15) is 9.59 Å². The Kier molecular flexibility index (Phi) is 4.16. The molecule has 2 unspecified atom stereocenters. The highest BCUT2D eigenvalue weighted by molar-refractivity contribution is 5.94. The number of carboxylic acids is 1. The van der Waals surface area contributed by atoms with Crippen molar-refractivity contribution in [2.75, 3.05) is 11.9 Å². The maximum Gasteiger partial charge on any atom is 0.335 e. The topological polar surface area (TPSA) is 75.6 Å². The number of nitrogens with one attached hydrogen (secondary N) is 1. The Morgan fingerprint density at radius 1 is 1.37 bits per heavy atom. The van der Waals surface area contributed by atoms with Gasteiger partial charge in [-0.25, -0.2) is 4.79 Å². The molecule has 0 saturated carbocycles. The molecule has 5 nitrogen and oxygen atoms in total. The lowest BCUT2D eigenvalue weighted by Crippen LogP contribution is -2.29. The zero-order valence-corrected chi connectivity index (χ0v) is 10.8. The van der Waals surface area contributed by atoms with Crippen molar-refractivity contribution in [3.8, 4) is 0 Å². The molecule has 1 aromatic carbocycles. The van der Waals surface area contributed by atoms with Gasteiger partial charge in [0.2, 0.25) is 5.91 Å². The second kappa shape index (κ2) is 5.84. The largest absolute Gasteiger partial charge is 0.478 e. The number of carbonyl (C=O) groups excluding carboxylic acids is 1. The first-order valence-electron chi connectivity index (χ1n) is 6.37. The molecule has 2 atom stereocenters. The van der Waals surface area contributed by atoms with E-state index >= 15 is 0 Å². The molecule has 2 rings (SSSR count). The van der Waals surface area contributed by atoms with Crippen LogP contribution in [0.25, 0.3) is 0 Å². The predicted octanol–water partition coefficient (Wildman–Crippen LogP) is 2.14. The lowest BCUT2D eigenvalue weighted by molar-refractivity contribution is -0.121. The van der Waals surface area contributed by atoms with Crippen LogP contribution >= 0.6 is 0 Å². The predicted molar refractivity (Wildman–Crippen MR) is 70.2 cm³/mol. The van der Waals surface area contributed by atoms with Crippen molar-refractivity contribution in [2.24, 2.45) is 5.92 Å². The zero-order chi connectivity index (χ0) is 13.8. The quantitative estimate of drug-likeness (QED) is 0.872. The van der Waals surface area contributed by atoms with Crippen molar-refractivity contribution in [1.29, 1.82) is 0 Å². The van der Waals surface area contributed by atoms with Crippen LogP contribution in [0.15, 0.2) is 24.3 Å². The molecule has 0 radical (unpaired) electrons. The van der Waals surface area contributed by atoms with Crippen LogP contribution in [0.5, 0.6) is 0 Å². The van der Waals surface area contributed by atoms with E-state index < -0.39 is 5.97 Å². The fourth-order valence-electron chi connectivity index (χ4n) is 2.28. The fourth-order valence-corrected chi connectivity index (χ4v) is 2.28. The third-order valence-electron chi connectivity index (χ3n) is 3.35. The first-order chi connectivity index (χ1) is 9.11. The normalized spacial score (nSPS) is 22.2. The standard InChI is InChI=1S/C14H17NO4/c1-2-12-11(7-8-19-12)13(16)15-10-5-3-9(4-6-10)14(17)18/h3-6,11-12H,2,7-8H2,1H3,(H,15,16)(H,17,18). The molecule has 5 heteroatoms. The molecule has 1 saturated heterocycles. The van der Waals surface area contributed by atoms with Crippen LogP contribution in [0.1, 0.15) is 30.1 Å². The molecule has 1 aliphatic rings. The number of aromatic carboxylic acids is 1. The Morgan fingerprint density at radius 2 is 2.05 bits per heavy atom. The molecule has 1 heterocycles. The van der Waals surface area contributed by atoms with Gasteiger partial charge in [-0.05, 0) is 37.1 Å². The average Bonchev–Trinajstić information content (AvgIpc) is 2.87. The van der Waals surface area contributed by atoms with Gasteiger partial charge in [-0.3, -0.25) is 4.79 Å². The van der Waals surface area contributed by atoms with Crippen LogP contribution in [0.4, 0.5) is 5.69 Å². The van der Waals surface area contributed by atoms with Gasteiger partial charge in [-0.2, -0.15) is 0 Å². The third-order valence-corrected chi connectivity index (χ3v) is 3.35. The molecule has 1 amide bonds. The van der Waals surface area contributed by atoms with Gasteiger partial charge in [0, 0.05) is 12.3 Å². The highest BCUT2D eigenvalue weighted by Gasteiger charge is 2.32. The Morgan fingerprint density at radius 3 is 2.63 bits per heavy atom. The van der Waals surface area contributed by atoms with Gasteiger partial charge in [-0.1, -0.05) is 6.92 Å². The Labute approximate surface area is 111 Å². The molecular weight excluding hydrogens is 246 g/mol. The maximum atomic E-state index is 12.1. The van der Waals surface area contributed by atoms with Crippen LogP contribution in [-0.4, -0.2) is 29.7 Å². The molecule has 1 fully saturated rings. The molecule has 0 spiro atoms. The number of ether oxygens (including phenoxy) is 1. The monoisotopic (exact) mass is 263 g/mol. The maximum absolute atomic E-state index is 12.1. The number of benzene rings is 1. The number of carbonyl (C=O) groups is 2. The number of hydrogen-bond donors (Lipinski definition) is 2. The summed E-state index contributed by atoms with van der Waals surface area (Å²) in [4.78, 5) is 22.8. The van der Waals surface area contributed by atoms with Gasteiger partial charge in [0.1, 0.15) is 0 Å². The second-order valence-electron chi connectivity index (χ2n) is 4.58. The summed E-state index contributed by atoms with van der Waals surface area (Å²) < 4.78 is 5.49. The summed E-state index contributed by atoms with van der Waals surface area (Å²) in [5.41, 5.74) is 0.811. The van der Waals surface area contributed by atoms with Gasteiger partial charge >= 0.3 is 5.97 Å². The summed E-state index contributed by atoms with van der Waals surface area (Å²) in [6.45, 7) is 2.62. The SMILES string of the molecule is CCC1OCCC1C(=O)Nc1ccc(C(=O)O)cc1. The van der Waals surface area contributed by atoms with Crippen molar-refractivity contribution >= 4 is 17.6 Å². The number of anilines is 1. The van der Waals surface area contributed by atoms with Gasteiger partial charge in [0.05, 0.1) is 17.6 Å². The molecule has 19 heavy (non-hydrogen) atoms. The first-order valence-corrected chi connectivity index (χ1v) is 6.37. The molecule has 1 aromatic rings. The van der Waals surface area contributed by atoms with E-state index in [4.69, 9.17) is 9.84 Å². The Hall–Kier alpha value is -1.88. The van der Waals surface area contributed by atoms with Crippen LogP contribution in [-0.2, 0) is 9.53 Å². The molecule has 0 aromatic heterocycles. The van der Waals surface area contributed by atoms with E-state index in [0.29, 0.717) is 12.3 Å². The van der Waals surface area contributed by atoms with Gasteiger partial charge < -0.3 is 15.2 Å². The minimum atomic E-state index is -0.979. The average molecular weight is 263 g/mol. The third kappa shape index (κ3) is 3.12. The zero-order valence-electron chi connectivity index (χ0n) is 10.8. The van der Waals surface area contributed by atoms with Gasteiger partial charge in [0.15, 0.2) is 0 Å². The van der Waals surface area contributed by atoms with Crippen molar-refractivity contribution in [3.63, 3.8) is 0 Å². The van der Waals surface area contributed by atoms with E-state index in [2.05, 4.69) is 5.32 Å². The number of rotatable bonds is 4. The second-order valence-corrected chi connectivity index (χ2v) is 4.58. The molecule has 2 N–H and O–H groups in total. The smallest absolute Gasteiger partial charge is 0.335 e. The Bertz CT molecular complexity index is 469. The first kappa shape index (κ1) is 13.5. The summed E-state index contributed by atoms with van der Waals surface area (Å²) in [6, 6.07) is 6.14. The van der Waals surface area contributed by atoms with E-state index in [1.165, 1.54) is 12.1 Å². The highest BCUT2D eigenvalue weighted by atomic mass is 16.5. The molecule has 0 bridgehead atoms. The highest BCUT2D eigenvalue weighted by Crippen LogP contribution is 2.25. The van der Waals surface area contributed by atoms with Crippen LogP contribution < -0.4 is 5.32 Å². The number of hydrogen-bond acceptors (Lipinski definition) is 3. The summed E-state index contributed by atoms with van der Waals surface area (Å²) in [5, 5.41) is 11.6. The Balaban J connectivity index is 2.00. The lowest BCUT2D eigenvalue weighted by Gasteiger charge is -2.16. The number of carboxylic acid groups (broad SMARTS) is 1. The molecule has 0 aliphatic carbocycles. The van der Waals surface area contributed by atoms with E-state index in [-0.39, 0.29) is 23.5 Å². The van der Waals surface area contributed by atoms with Gasteiger partial charge in [-0.15, -0.1) is 0 Å². The van der Waals surface area contributed by atoms with E-state index in [1.807, 2.05) is 6.92 Å². The molecule has 1 aliphatic heterocycles. The van der Waals surface area contributed by atoms with Gasteiger partial charge in [0.25, 0.3) is 0 Å². The lowest BCUT2D eigenvalue weighted by atomic mass is 9.98. The molecule has 102 valence electrons. The summed E-state index contributed by atoms with van der Waals surface area (Å²) in [7, 11) is 0. The number of amides is 1. The van der Waals surface area contributed by atoms with Crippen LogP contribution in [0.3, 0.4) is 0 Å². The van der Waals surface area contributed by atoms with Crippen LogP contribution in [0.2, 0.25) is 0 Å². The summed E-state index contributed by atoms with van der Waals surface area (Å²) >= 11 is 0. The van der Waals surface area contributed by atoms with Crippen molar-refractivity contribution < 1.29 is 19.4 Å². The van der Waals surface area contributed by atoms with Crippen LogP contribution in [0, 0.1) is 5.92 Å². The van der Waals surface area contributed by atoms with E-state index in [1.54, 1.807) is 12.1 Å². The molecular formula is C14H17NO4. The summed E-state index contributed by atoms with van der Waals surface area (Å²) in [6.07, 6.45) is 1.53. The van der Waals surface area contributed by atoms with E-state index in [0.717, 1.165) is 12.8 Å². The van der Waals surface area contributed by atoms with Crippen molar-refractivity contribution in [3.05, 3.63) is 29.8 Å². The van der Waals surface area contributed by atoms with Crippen molar-refractivity contribution in [1.82, 2.24) is 0 Å².